The number of benzene rings is 2. The van der Waals surface area contributed by atoms with Gasteiger partial charge in [-0.25, -0.2) is 8.78 Å². The van der Waals surface area contributed by atoms with Crippen LogP contribution in [0.5, 0.6) is 0 Å². The molecule has 0 aliphatic rings. The lowest BCUT2D eigenvalue weighted by molar-refractivity contribution is -0.137. The molecule has 0 unspecified atom stereocenters. The minimum absolute atomic E-state index is 0.0121. The van der Waals surface area contributed by atoms with Gasteiger partial charge in [-0.3, -0.25) is 4.98 Å². The maximum Gasteiger partial charge on any atom is 0.416 e. The summed E-state index contributed by atoms with van der Waals surface area (Å²) in [5, 5.41) is 3.41. The Balaban J connectivity index is 2.30. The number of aromatic nitrogens is 1. The smallest absolute Gasteiger partial charge is 0.374 e. The summed E-state index contributed by atoms with van der Waals surface area (Å²) in [6.07, 6.45) is -3.37. The van der Waals surface area contributed by atoms with Gasteiger partial charge in [0.1, 0.15) is 17.2 Å². The van der Waals surface area contributed by atoms with Gasteiger partial charge in [0.2, 0.25) is 0 Å². The van der Waals surface area contributed by atoms with Crippen LogP contribution in [-0.2, 0) is 18.1 Å². The Morgan fingerprint density at radius 1 is 0.968 bits per heavy atom. The number of rotatable bonds is 6. The molecule has 0 radical (unpaired) electrons. The number of alkyl halides is 3. The summed E-state index contributed by atoms with van der Waals surface area (Å²) in [4.78, 5) is 4.30. The second kappa shape index (κ2) is 8.67. The van der Waals surface area contributed by atoms with Gasteiger partial charge in [0, 0.05) is 18.3 Å². The molecule has 1 N–H and O–H groups in total. The highest BCUT2D eigenvalue weighted by atomic mass is 35.5. The van der Waals surface area contributed by atoms with Gasteiger partial charge < -0.3 is 5.32 Å². The second-order valence-electron chi connectivity index (χ2n) is 7.20. The average molecular weight is 453 g/mol. The van der Waals surface area contributed by atoms with Crippen molar-refractivity contribution in [2.75, 3.05) is 0 Å². The minimum atomic E-state index is -4.75. The first-order valence-corrected chi connectivity index (χ1v) is 9.56. The lowest BCUT2D eigenvalue weighted by atomic mass is 9.79. The predicted octanol–water partition coefficient (Wildman–Crippen LogP) is 6.64. The van der Waals surface area contributed by atoms with Crippen LogP contribution in [0.2, 0.25) is 5.02 Å². The highest BCUT2D eigenvalue weighted by molar-refractivity contribution is 6.30. The molecule has 0 amide bonds. The van der Waals surface area contributed by atoms with Crippen molar-refractivity contribution in [2.45, 2.75) is 25.1 Å². The fraction of sp³-hybridized carbons (Fsp3) is 0.174. The maximum atomic E-state index is 14.4. The highest BCUT2D eigenvalue weighted by Gasteiger charge is 2.39. The molecule has 0 saturated carbocycles. The first-order valence-electron chi connectivity index (χ1n) is 9.18. The number of nitrogens with zero attached hydrogens (tertiary/aromatic N) is 1. The van der Waals surface area contributed by atoms with Gasteiger partial charge in [-0.2, -0.15) is 13.2 Å². The van der Waals surface area contributed by atoms with Gasteiger partial charge in [0.05, 0.1) is 16.3 Å². The van der Waals surface area contributed by atoms with Crippen molar-refractivity contribution in [3.05, 3.63) is 112 Å². The number of nitrogens with one attached hydrogen (secondary N) is 1. The van der Waals surface area contributed by atoms with Gasteiger partial charge in [0.25, 0.3) is 0 Å². The molecule has 0 fully saturated rings. The van der Waals surface area contributed by atoms with E-state index in [1.165, 1.54) is 36.5 Å². The quantitative estimate of drug-likeness (QED) is 0.424. The lowest BCUT2D eigenvalue weighted by Gasteiger charge is -2.37. The monoisotopic (exact) mass is 452 g/mol. The largest absolute Gasteiger partial charge is 0.416 e. The SMILES string of the molecule is C=C(C)N[C@@](Cc1ccc(F)cc1)(c1cc(F)cc(C(F)(F)F)c1)c1ccc(Cl)cn1. The third-order valence-electron chi connectivity index (χ3n) is 4.69. The molecule has 2 nitrogen and oxygen atoms in total. The van der Waals surface area contributed by atoms with Crippen molar-refractivity contribution in [1.82, 2.24) is 10.3 Å². The van der Waals surface area contributed by atoms with E-state index in [-0.39, 0.29) is 12.0 Å². The van der Waals surface area contributed by atoms with Crippen LogP contribution in [0.25, 0.3) is 0 Å². The molecule has 0 saturated heterocycles. The van der Waals surface area contributed by atoms with Crippen LogP contribution in [0.15, 0.2) is 73.1 Å². The third-order valence-corrected chi connectivity index (χ3v) is 4.92. The molecule has 31 heavy (non-hydrogen) atoms. The number of pyridine rings is 1. The molecule has 1 heterocycles. The minimum Gasteiger partial charge on any atom is -0.374 e. The average Bonchev–Trinajstić information content (AvgIpc) is 2.68. The van der Waals surface area contributed by atoms with Crippen LogP contribution in [0.4, 0.5) is 22.0 Å². The Hall–Kier alpha value is -2.93. The van der Waals surface area contributed by atoms with Gasteiger partial charge in [-0.05, 0) is 60.5 Å². The third kappa shape index (κ3) is 5.22. The van der Waals surface area contributed by atoms with E-state index in [0.717, 1.165) is 12.1 Å². The fourth-order valence-corrected chi connectivity index (χ4v) is 3.53. The fourth-order valence-electron chi connectivity index (χ4n) is 3.42. The van der Waals surface area contributed by atoms with Gasteiger partial charge in [-0.1, -0.05) is 30.3 Å². The molecule has 1 aromatic heterocycles. The summed E-state index contributed by atoms with van der Waals surface area (Å²) in [5.74, 6) is -1.51. The van der Waals surface area contributed by atoms with E-state index in [0.29, 0.717) is 28.0 Å². The standard InChI is InChI=1S/C23H18ClF5N2/c1-14(2)31-22(21-8-5-18(24)13-30-21,12-15-3-6-19(25)7-4-15)16-9-17(23(27,28)29)11-20(26)10-16/h3-11,13,31H,1,12H2,2H3/t22-/m0/s1. The van der Waals surface area contributed by atoms with Crippen molar-refractivity contribution in [3.8, 4) is 0 Å². The Kier molecular flexibility index (Phi) is 6.36. The maximum absolute atomic E-state index is 14.4. The van der Waals surface area contributed by atoms with Crippen LogP contribution in [0.1, 0.15) is 29.3 Å². The predicted molar refractivity (Wildman–Crippen MR) is 109 cm³/mol. The lowest BCUT2D eigenvalue weighted by Crippen LogP contribution is -2.45. The van der Waals surface area contributed by atoms with Crippen molar-refractivity contribution in [3.63, 3.8) is 0 Å². The number of halogens is 6. The van der Waals surface area contributed by atoms with Crippen LogP contribution < -0.4 is 5.32 Å². The molecule has 162 valence electrons. The van der Waals surface area contributed by atoms with Crippen LogP contribution in [0.3, 0.4) is 0 Å². The van der Waals surface area contributed by atoms with Crippen molar-refractivity contribution >= 4 is 11.6 Å². The summed E-state index contributed by atoms with van der Waals surface area (Å²) in [6.45, 7) is 5.44. The summed E-state index contributed by atoms with van der Waals surface area (Å²) in [7, 11) is 0. The molecule has 3 rings (SSSR count). The highest BCUT2D eigenvalue weighted by Crippen LogP contribution is 2.38. The van der Waals surface area contributed by atoms with Crippen molar-refractivity contribution in [2.24, 2.45) is 0 Å². The molecular formula is C23H18ClF5N2. The summed E-state index contributed by atoms with van der Waals surface area (Å²) >= 11 is 5.95. The van der Waals surface area contributed by atoms with E-state index < -0.39 is 28.9 Å². The molecule has 3 aromatic rings. The summed E-state index contributed by atoms with van der Waals surface area (Å²) < 4.78 is 68.1. The summed E-state index contributed by atoms with van der Waals surface area (Å²) in [6, 6.07) is 10.9. The van der Waals surface area contributed by atoms with Gasteiger partial charge in [-0.15, -0.1) is 0 Å². The zero-order chi connectivity index (χ0) is 22.8. The van der Waals surface area contributed by atoms with E-state index in [1.54, 1.807) is 13.0 Å². The van der Waals surface area contributed by atoms with E-state index in [2.05, 4.69) is 16.9 Å². The van der Waals surface area contributed by atoms with E-state index in [1.807, 2.05) is 0 Å². The first kappa shape index (κ1) is 22.7. The molecular weight excluding hydrogens is 435 g/mol. The normalized spacial score (nSPS) is 13.5. The summed E-state index contributed by atoms with van der Waals surface area (Å²) in [5.41, 5.74) is -1.29. The van der Waals surface area contributed by atoms with Crippen molar-refractivity contribution < 1.29 is 22.0 Å². The number of hydrogen-bond acceptors (Lipinski definition) is 2. The topological polar surface area (TPSA) is 24.9 Å². The number of allylic oxidation sites excluding steroid dienone is 1. The second-order valence-corrected chi connectivity index (χ2v) is 7.64. The molecule has 0 bridgehead atoms. The Morgan fingerprint density at radius 3 is 2.16 bits per heavy atom. The Bertz CT molecular complexity index is 1080. The van der Waals surface area contributed by atoms with Gasteiger partial charge >= 0.3 is 6.18 Å². The Morgan fingerprint density at radius 2 is 1.61 bits per heavy atom. The van der Waals surface area contributed by atoms with E-state index >= 15 is 0 Å². The van der Waals surface area contributed by atoms with Crippen LogP contribution in [0, 0.1) is 11.6 Å². The molecule has 0 aliphatic carbocycles. The van der Waals surface area contributed by atoms with Gasteiger partial charge in [0.15, 0.2) is 0 Å². The zero-order valence-corrected chi connectivity index (χ0v) is 17.2. The molecule has 0 aliphatic heterocycles. The number of hydrogen-bond donors (Lipinski definition) is 1. The first-order chi connectivity index (χ1) is 14.5. The molecule has 1 atom stereocenters. The molecule has 0 spiro atoms. The van der Waals surface area contributed by atoms with E-state index in [4.69, 9.17) is 11.6 Å². The van der Waals surface area contributed by atoms with Crippen molar-refractivity contribution in [1.29, 1.82) is 0 Å². The molecule has 2 aromatic carbocycles. The molecule has 8 heteroatoms. The zero-order valence-electron chi connectivity index (χ0n) is 16.4. The van der Waals surface area contributed by atoms with E-state index in [9.17, 15) is 22.0 Å². The van der Waals surface area contributed by atoms with Crippen LogP contribution in [-0.4, -0.2) is 4.98 Å². The van der Waals surface area contributed by atoms with Crippen LogP contribution >= 0.6 is 11.6 Å². The Labute approximate surface area is 181 Å².